The average molecular weight is 322 g/mol. The molecule has 122 valence electrons. The van der Waals surface area contributed by atoms with Crippen LogP contribution in [0, 0.1) is 0 Å². The fourth-order valence-corrected chi connectivity index (χ4v) is 3.11. The molecule has 1 N–H and O–H groups in total. The van der Waals surface area contributed by atoms with Crippen molar-refractivity contribution in [2.24, 2.45) is 0 Å². The van der Waals surface area contributed by atoms with Gasteiger partial charge in [0, 0.05) is 25.4 Å². The standard InChI is InChI=1S/C17H26N2O2S/c1-3-21-16-5-4-11-19(13-16)17(20)18-15-8-6-14(7-9-15)10-12-22-2/h6-9,16H,3-5,10-13H2,1-2H3,(H,18,20)/t16-/m0/s1. The maximum absolute atomic E-state index is 12.3. The zero-order valence-electron chi connectivity index (χ0n) is 13.5. The van der Waals surface area contributed by atoms with Crippen molar-refractivity contribution in [1.82, 2.24) is 4.90 Å². The first-order valence-corrected chi connectivity index (χ1v) is 9.37. The molecule has 0 radical (unpaired) electrons. The molecule has 1 aliphatic rings. The van der Waals surface area contributed by atoms with Crippen LogP contribution in [0.15, 0.2) is 24.3 Å². The lowest BCUT2D eigenvalue weighted by Crippen LogP contribution is -2.45. The molecular weight excluding hydrogens is 296 g/mol. The van der Waals surface area contributed by atoms with E-state index in [9.17, 15) is 4.79 Å². The number of anilines is 1. The van der Waals surface area contributed by atoms with Crippen molar-refractivity contribution >= 4 is 23.5 Å². The molecule has 1 saturated heterocycles. The Labute approximate surface area is 137 Å². The molecule has 2 rings (SSSR count). The predicted molar refractivity (Wildman–Crippen MR) is 93.8 cm³/mol. The minimum absolute atomic E-state index is 0.0266. The second-order valence-electron chi connectivity index (χ2n) is 5.54. The lowest BCUT2D eigenvalue weighted by molar-refractivity contribution is 0.0181. The van der Waals surface area contributed by atoms with Crippen LogP contribution < -0.4 is 5.32 Å². The lowest BCUT2D eigenvalue weighted by atomic mass is 10.1. The molecule has 22 heavy (non-hydrogen) atoms. The fraction of sp³-hybridized carbons (Fsp3) is 0.588. The van der Waals surface area contributed by atoms with Crippen LogP contribution in [-0.2, 0) is 11.2 Å². The summed E-state index contributed by atoms with van der Waals surface area (Å²) in [6.45, 7) is 4.20. The number of ether oxygens (including phenoxy) is 1. The molecule has 0 bridgehead atoms. The maximum Gasteiger partial charge on any atom is 0.321 e. The van der Waals surface area contributed by atoms with Crippen LogP contribution in [0.4, 0.5) is 10.5 Å². The molecule has 1 aromatic rings. The van der Waals surface area contributed by atoms with Crippen molar-refractivity contribution in [2.75, 3.05) is 37.0 Å². The van der Waals surface area contributed by atoms with Crippen molar-refractivity contribution in [3.63, 3.8) is 0 Å². The summed E-state index contributed by atoms with van der Waals surface area (Å²) in [6, 6.07) is 8.12. The van der Waals surface area contributed by atoms with E-state index in [1.165, 1.54) is 5.56 Å². The minimum atomic E-state index is -0.0266. The zero-order valence-corrected chi connectivity index (χ0v) is 14.3. The Morgan fingerprint density at radius 2 is 2.18 bits per heavy atom. The van der Waals surface area contributed by atoms with Crippen molar-refractivity contribution < 1.29 is 9.53 Å². The Kier molecular flexibility index (Phi) is 7.06. The number of hydrogen-bond acceptors (Lipinski definition) is 3. The molecule has 0 aromatic heterocycles. The molecule has 0 unspecified atom stereocenters. The number of carbonyl (C=O) groups excluding carboxylic acids is 1. The highest BCUT2D eigenvalue weighted by Gasteiger charge is 2.23. The van der Waals surface area contributed by atoms with E-state index in [2.05, 4.69) is 23.7 Å². The predicted octanol–water partition coefficient (Wildman–Crippen LogP) is 3.62. The average Bonchev–Trinajstić information content (AvgIpc) is 2.55. The Bertz CT molecular complexity index is 462. The second-order valence-corrected chi connectivity index (χ2v) is 6.52. The molecule has 1 aliphatic heterocycles. The molecular formula is C17H26N2O2S. The van der Waals surface area contributed by atoms with Gasteiger partial charge in [-0.1, -0.05) is 12.1 Å². The molecule has 1 atom stereocenters. The molecule has 0 saturated carbocycles. The van der Waals surface area contributed by atoms with Crippen LogP contribution in [0.1, 0.15) is 25.3 Å². The highest BCUT2D eigenvalue weighted by molar-refractivity contribution is 7.98. The summed E-state index contributed by atoms with van der Waals surface area (Å²) < 4.78 is 5.64. The van der Waals surface area contributed by atoms with Crippen LogP contribution in [0.2, 0.25) is 0 Å². The number of piperidine rings is 1. The van der Waals surface area contributed by atoms with Crippen LogP contribution in [0.5, 0.6) is 0 Å². The van der Waals surface area contributed by atoms with Gasteiger partial charge in [0.05, 0.1) is 6.10 Å². The molecule has 5 heteroatoms. The largest absolute Gasteiger partial charge is 0.377 e. The Hall–Kier alpha value is -1.20. The van der Waals surface area contributed by atoms with Crippen molar-refractivity contribution in [3.05, 3.63) is 29.8 Å². The number of rotatable bonds is 6. The second kappa shape index (κ2) is 9.06. The van der Waals surface area contributed by atoms with Gasteiger partial charge in [-0.05, 0) is 55.9 Å². The van der Waals surface area contributed by atoms with Gasteiger partial charge in [-0.15, -0.1) is 0 Å². The number of urea groups is 1. The summed E-state index contributed by atoms with van der Waals surface area (Å²) in [6.07, 6.45) is 5.41. The third-order valence-electron chi connectivity index (χ3n) is 3.87. The highest BCUT2D eigenvalue weighted by atomic mass is 32.2. The van der Waals surface area contributed by atoms with Gasteiger partial charge < -0.3 is 15.0 Å². The quantitative estimate of drug-likeness (QED) is 0.869. The molecule has 1 aromatic carbocycles. The van der Waals surface area contributed by atoms with Gasteiger partial charge in [0.1, 0.15) is 0 Å². The number of likely N-dealkylation sites (tertiary alicyclic amines) is 1. The number of nitrogens with one attached hydrogen (secondary N) is 1. The van der Waals surface area contributed by atoms with E-state index in [4.69, 9.17) is 4.74 Å². The SMILES string of the molecule is CCO[C@H]1CCCN(C(=O)Nc2ccc(CCSC)cc2)C1. The Morgan fingerprint density at radius 3 is 2.86 bits per heavy atom. The van der Waals surface area contributed by atoms with Crippen LogP contribution in [0.3, 0.4) is 0 Å². The van der Waals surface area contributed by atoms with Crippen LogP contribution in [0.25, 0.3) is 0 Å². The topological polar surface area (TPSA) is 41.6 Å². The molecule has 1 heterocycles. The first-order valence-electron chi connectivity index (χ1n) is 7.98. The summed E-state index contributed by atoms with van der Waals surface area (Å²) in [5, 5.41) is 2.98. The molecule has 4 nitrogen and oxygen atoms in total. The third-order valence-corrected chi connectivity index (χ3v) is 4.48. The number of thioether (sulfide) groups is 1. The summed E-state index contributed by atoms with van der Waals surface area (Å²) in [5.74, 6) is 1.12. The minimum Gasteiger partial charge on any atom is -0.377 e. The van der Waals surface area contributed by atoms with E-state index >= 15 is 0 Å². The van der Waals surface area contributed by atoms with Crippen LogP contribution in [-0.4, -0.2) is 48.7 Å². The lowest BCUT2D eigenvalue weighted by Gasteiger charge is -2.32. The molecule has 0 aliphatic carbocycles. The molecule has 2 amide bonds. The van der Waals surface area contributed by atoms with E-state index < -0.39 is 0 Å². The van der Waals surface area contributed by atoms with E-state index in [0.717, 1.165) is 37.2 Å². The van der Waals surface area contributed by atoms with Gasteiger partial charge in [-0.2, -0.15) is 11.8 Å². The summed E-state index contributed by atoms with van der Waals surface area (Å²) in [5.41, 5.74) is 2.16. The van der Waals surface area contributed by atoms with Gasteiger partial charge in [0.25, 0.3) is 0 Å². The monoisotopic (exact) mass is 322 g/mol. The van der Waals surface area contributed by atoms with E-state index in [0.29, 0.717) is 13.2 Å². The third kappa shape index (κ3) is 5.21. The van der Waals surface area contributed by atoms with Crippen molar-refractivity contribution in [1.29, 1.82) is 0 Å². The Balaban J connectivity index is 1.85. The van der Waals surface area contributed by atoms with Gasteiger partial charge in [-0.3, -0.25) is 0 Å². The smallest absolute Gasteiger partial charge is 0.321 e. The summed E-state index contributed by atoms with van der Waals surface area (Å²) in [7, 11) is 0. The maximum atomic E-state index is 12.3. The Morgan fingerprint density at radius 1 is 1.41 bits per heavy atom. The normalized spacial score (nSPS) is 18.3. The number of benzene rings is 1. The fourth-order valence-electron chi connectivity index (χ4n) is 2.67. The zero-order chi connectivity index (χ0) is 15.8. The first kappa shape index (κ1) is 17.2. The number of hydrogen-bond donors (Lipinski definition) is 1. The van der Waals surface area contributed by atoms with Gasteiger partial charge in [-0.25, -0.2) is 4.79 Å². The molecule has 0 spiro atoms. The summed E-state index contributed by atoms with van der Waals surface area (Å²) >= 11 is 1.85. The summed E-state index contributed by atoms with van der Waals surface area (Å²) in [4.78, 5) is 14.2. The number of carbonyl (C=O) groups is 1. The number of aryl methyl sites for hydroxylation is 1. The van der Waals surface area contributed by atoms with Gasteiger partial charge in [0.15, 0.2) is 0 Å². The van der Waals surface area contributed by atoms with E-state index in [1.807, 2.05) is 35.7 Å². The van der Waals surface area contributed by atoms with E-state index in [1.54, 1.807) is 0 Å². The van der Waals surface area contributed by atoms with Gasteiger partial charge >= 0.3 is 6.03 Å². The molecule has 1 fully saturated rings. The highest BCUT2D eigenvalue weighted by Crippen LogP contribution is 2.16. The van der Waals surface area contributed by atoms with Crippen molar-refractivity contribution in [3.8, 4) is 0 Å². The van der Waals surface area contributed by atoms with Crippen LogP contribution >= 0.6 is 11.8 Å². The number of amides is 2. The van der Waals surface area contributed by atoms with E-state index in [-0.39, 0.29) is 12.1 Å². The first-order chi connectivity index (χ1) is 10.7. The van der Waals surface area contributed by atoms with Gasteiger partial charge in [0.2, 0.25) is 0 Å². The van der Waals surface area contributed by atoms with Crippen molar-refractivity contribution in [2.45, 2.75) is 32.3 Å². The number of nitrogens with zero attached hydrogens (tertiary/aromatic N) is 1.